The number of nitrogens with two attached hydrogens (primary N) is 1. The Bertz CT molecular complexity index is 413. The van der Waals surface area contributed by atoms with Crippen LogP contribution < -0.4 is 11.1 Å². The molecule has 0 saturated heterocycles. The second-order valence-corrected chi connectivity index (χ2v) is 7.60. The third-order valence-corrected chi connectivity index (χ3v) is 5.12. The van der Waals surface area contributed by atoms with E-state index in [1.807, 2.05) is 6.07 Å². The molecule has 1 aromatic heterocycles. The van der Waals surface area contributed by atoms with E-state index in [0.717, 1.165) is 35.9 Å². The largest absolute Gasteiger partial charge is 0.356 e. The zero-order valence-corrected chi connectivity index (χ0v) is 12.8. The minimum atomic E-state index is -0.240. The zero-order valence-electron chi connectivity index (χ0n) is 10.4. The van der Waals surface area contributed by atoms with E-state index in [1.165, 1.54) is 4.88 Å². The van der Waals surface area contributed by atoms with Crippen LogP contribution in [0.15, 0.2) is 15.9 Å². The first kappa shape index (κ1) is 14.0. The number of hydrogen-bond donors (Lipinski definition) is 2. The van der Waals surface area contributed by atoms with Crippen LogP contribution in [0, 0.1) is 0 Å². The normalized spacial score (nSPS) is 17.9. The molecule has 1 saturated carbocycles. The summed E-state index contributed by atoms with van der Waals surface area (Å²) in [4.78, 5) is 13.1. The second kappa shape index (κ2) is 6.17. The molecule has 1 aliphatic rings. The van der Waals surface area contributed by atoms with E-state index >= 15 is 0 Å². The predicted octanol–water partition coefficient (Wildman–Crippen LogP) is 2.83. The van der Waals surface area contributed by atoms with Gasteiger partial charge in [-0.2, -0.15) is 0 Å². The van der Waals surface area contributed by atoms with E-state index in [0.29, 0.717) is 13.0 Å². The van der Waals surface area contributed by atoms with Gasteiger partial charge in [-0.05, 0) is 47.3 Å². The summed E-state index contributed by atoms with van der Waals surface area (Å²) in [5.74, 6) is 0.0926. The molecule has 0 aromatic carbocycles. The molecule has 0 bridgehead atoms. The van der Waals surface area contributed by atoms with E-state index in [9.17, 15) is 4.79 Å². The van der Waals surface area contributed by atoms with Gasteiger partial charge >= 0.3 is 0 Å². The third kappa shape index (κ3) is 4.07. The molecule has 0 atom stereocenters. The number of carbonyl (C=O) groups is 1. The van der Waals surface area contributed by atoms with E-state index < -0.39 is 0 Å². The number of hydrogen-bond acceptors (Lipinski definition) is 3. The van der Waals surface area contributed by atoms with Crippen LogP contribution in [-0.2, 0) is 11.2 Å². The topological polar surface area (TPSA) is 55.1 Å². The van der Waals surface area contributed by atoms with Crippen molar-refractivity contribution in [2.24, 2.45) is 5.73 Å². The Morgan fingerprint density at radius 1 is 1.44 bits per heavy atom. The molecule has 5 heteroatoms. The van der Waals surface area contributed by atoms with Crippen LogP contribution in [0.3, 0.4) is 0 Å². The van der Waals surface area contributed by atoms with Crippen LogP contribution in [0.25, 0.3) is 0 Å². The molecule has 0 unspecified atom stereocenters. The van der Waals surface area contributed by atoms with E-state index in [1.54, 1.807) is 11.3 Å². The fraction of sp³-hybridized carbons (Fsp3) is 0.615. The second-order valence-electron chi connectivity index (χ2n) is 5.05. The molecular formula is C13H19BrN2OS. The lowest BCUT2D eigenvalue weighted by Gasteiger charge is -2.22. The van der Waals surface area contributed by atoms with E-state index in [4.69, 9.17) is 5.73 Å². The van der Waals surface area contributed by atoms with Crippen molar-refractivity contribution < 1.29 is 4.79 Å². The van der Waals surface area contributed by atoms with Crippen molar-refractivity contribution in [1.82, 2.24) is 5.32 Å². The van der Waals surface area contributed by atoms with Crippen LogP contribution in [-0.4, -0.2) is 18.0 Å². The molecular weight excluding hydrogens is 312 g/mol. The van der Waals surface area contributed by atoms with Gasteiger partial charge in [0, 0.05) is 23.4 Å². The van der Waals surface area contributed by atoms with Crippen molar-refractivity contribution in [2.75, 3.05) is 6.54 Å². The highest BCUT2D eigenvalue weighted by molar-refractivity contribution is 9.11. The van der Waals surface area contributed by atoms with Crippen LogP contribution in [0.4, 0.5) is 0 Å². The summed E-state index contributed by atoms with van der Waals surface area (Å²) in [6, 6.07) is 4.12. The lowest BCUT2D eigenvalue weighted by molar-refractivity contribution is -0.122. The van der Waals surface area contributed by atoms with E-state index in [2.05, 4.69) is 27.3 Å². The summed E-state index contributed by atoms with van der Waals surface area (Å²) in [5.41, 5.74) is 5.94. The van der Waals surface area contributed by atoms with Crippen molar-refractivity contribution in [3.8, 4) is 0 Å². The third-order valence-electron chi connectivity index (χ3n) is 3.43. The molecule has 3 nitrogen and oxygen atoms in total. The fourth-order valence-corrected chi connectivity index (χ4v) is 3.93. The average Bonchev–Trinajstić information content (AvgIpc) is 2.88. The minimum Gasteiger partial charge on any atom is -0.356 e. The van der Waals surface area contributed by atoms with Gasteiger partial charge in [-0.25, -0.2) is 0 Å². The average molecular weight is 331 g/mol. The van der Waals surface area contributed by atoms with Gasteiger partial charge in [-0.1, -0.05) is 12.8 Å². The maximum Gasteiger partial charge on any atom is 0.221 e. The first-order chi connectivity index (χ1) is 8.57. The highest BCUT2D eigenvalue weighted by Crippen LogP contribution is 2.29. The summed E-state index contributed by atoms with van der Waals surface area (Å²) < 4.78 is 1.13. The molecule has 2 rings (SSSR count). The van der Waals surface area contributed by atoms with Crippen molar-refractivity contribution in [3.05, 3.63) is 20.8 Å². The van der Waals surface area contributed by atoms with Crippen LogP contribution >= 0.6 is 27.3 Å². The maximum atomic E-state index is 11.8. The summed E-state index contributed by atoms with van der Waals surface area (Å²) in [6.07, 6.45) is 5.65. The fourth-order valence-electron chi connectivity index (χ4n) is 2.45. The van der Waals surface area contributed by atoms with Crippen LogP contribution in [0.2, 0.25) is 0 Å². The van der Waals surface area contributed by atoms with Gasteiger partial charge in [0.2, 0.25) is 5.91 Å². The molecule has 3 N–H and O–H groups in total. The molecule has 18 heavy (non-hydrogen) atoms. The first-order valence-electron chi connectivity index (χ1n) is 6.37. The van der Waals surface area contributed by atoms with Crippen molar-refractivity contribution in [1.29, 1.82) is 0 Å². The molecule has 0 radical (unpaired) electrons. The highest BCUT2D eigenvalue weighted by Gasteiger charge is 2.31. The molecule has 0 aliphatic heterocycles. The molecule has 0 spiro atoms. The Kier molecular flexibility index (Phi) is 4.81. The summed E-state index contributed by atoms with van der Waals surface area (Å²) in [5, 5.41) is 2.96. The number of nitrogens with one attached hydrogen (secondary N) is 1. The number of rotatable bonds is 5. The quantitative estimate of drug-likeness (QED) is 0.872. The lowest BCUT2D eigenvalue weighted by Crippen LogP contribution is -2.42. The lowest BCUT2D eigenvalue weighted by atomic mass is 9.94. The zero-order chi connectivity index (χ0) is 13.0. The van der Waals surface area contributed by atoms with Gasteiger partial charge < -0.3 is 11.1 Å². The molecule has 1 aliphatic carbocycles. The monoisotopic (exact) mass is 330 g/mol. The first-order valence-corrected chi connectivity index (χ1v) is 7.98. The number of carbonyl (C=O) groups excluding carboxylic acids is 1. The van der Waals surface area contributed by atoms with Gasteiger partial charge in [0.1, 0.15) is 0 Å². The molecule has 1 heterocycles. The van der Waals surface area contributed by atoms with Crippen molar-refractivity contribution in [3.63, 3.8) is 0 Å². The van der Waals surface area contributed by atoms with Crippen LogP contribution in [0.1, 0.15) is 37.0 Å². The molecule has 100 valence electrons. The molecule has 1 fully saturated rings. The predicted molar refractivity (Wildman–Crippen MR) is 78.7 cm³/mol. The Balaban J connectivity index is 1.68. The van der Waals surface area contributed by atoms with E-state index in [-0.39, 0.29) is 11.4 Å². The number of halogens is 1. The Labute approximate surface area is 120 Å². The van der Waals surface area contributed by atoms with Crippen molar-refractivity contribution in [2.45, 2.75) is 44.1 Å². The van der Waals surface area contributed by atoms with Gasteiger partial charge in [-0.15, -0.1) is 11.3 Å². The number of thiophene rings is 1. The van der Waals surface area contributed by atoms with Crippen molar-refractivity contribution >= 4 is 33.2 Å². The SMILES string of the molecule is NC1(CC(=O)NCCc2ccc(Br)s2)CCCC1. The van der Waals surface area contributed by atoms with Gasteiger partial charge in [0.15, 0.2) is 0 Å². The van der Waals surface area contributed by atoms with Gasteiger partial charge in [-0.3, -0.25) is 4.79 Å². The molecule has 1 amide bonds. The van der Waals surface area contributed by atoms with Gasteiger partial charge in [0.25, 0.3) is 0 Å². The highest BCUT2D eigenvalue weighted by atomic mass is 79.9. The van der Waals surface area contributed by atoms with Gasteiger partial charge in [0.05, 0.1) is 3.79 Å². The Morgan fingerprint density at radius 2 is 2.17 bits per heavy atom. The summed E-state index contributed by atoms with van der Waals surface area (Å²) >= 11 is 5.15. The summed E-state index contributed by atoms with van der Waals surface area (Å²) in [6.45, 7) is 0.696. The summed E-state index contributed by atoms with van der Waals surface area (Å²) in [7, 11) is 0. The standard InChI is InChI=1S/C13H19BrN2OS/c14-11-4-3-10(18-11)5-8-16-12(17)9-13(15)6-1-2-7-13/h3-4H,1-2,5-9,15H2,(H,16,17). The molecule has 1 aromatic rings. The smallest absolute Gasteiger partial charge is 0.221 e. The Hall–Kier alpha value is -0.390. The maximum absolute atomic E-state index is 11.8. The minimum absolute atomic E-state index is 0.0926. The van der Waals surface area contributed by atoms with Crippen LogP contribution in [0.5, 0.6) is 0 Å². The Morgan fingerprint density at radius 3 is 2.78 bits per heavy atom. The number of amides is 1.